The van der Waals surface area contributed by atoms with Crippen molar-refractivity contribution in [2.24, 2.45) is 5.92 Å². The zero-order valence-corrected chi connectivity index (χ0v) is 15.9. The van der Waals surface area contributed by atoms with Gasteiger partial charge >= 0.3 is 0 Å². The van der Waals surface area contributed by atoms with Gasteiger partial charge in [-0.2, -0.15) is 0 Å². The second kappa shape index (κ2) is 8.57. The predicted molar refractivity (Wildman–Crippen MR) is 111 cm³/mol. The molecule has 2 aromatic rings. The maximum Gasteiger partial charge on any atom is 0.227 e. The highest BCUT2D eigenvalue weighted by atomic mass is 16.1. The molecule has 4 rings (SSSR count). The van der Waals surface area contributed by atoms with Crippen LogP contribution in [0.15, 0.2) is 54.6 Å². The van der Waals surface area contributed by atoms with Crippen LogP contribution in [0.1, 0.15) is 31.2 Å². The summed E-state index contributed by atoms with van der Waals surface area (Å²) in [7, 11) is 0. The number of rotatable bonds is 5. The smallest absolute Gasteiger partial charge is 0.227 e. The number of hydrogen-bond acceptors (Lipinski definition) is 3. The van der Waals surface area contributed by atoms with Crippen molar-refractivity contribution in [3.05, 3.63) is 60.2 Å². The summed E-state index contributed by atoms with van der Waals surface area (Å²) >= 11 is 0. The summed E-state index contributed by atoms with van der Waals surface area (Å²) in [5.74, 6) is 0.400. The topological polar surface area (TPSA) is 35.6 Å². The number of piperazine rings is 1. The third-order valence-electron chi connectivity index (χ3n) is 5.85. The monoisotopic (exact) mass is 363 g/mol. The molecular weight excluding hydrogens is 334 g/mol. The van der Waals surface area contributed by atoms with Crippen LogP contribution in [0.4, 0.5) is 11.4 Å². The average molecular weight is 364 g/mol. The lowest BCUT2D eigenvalue weighted by Crippen LogP contribution is -2.45. The van der Waals surface area contributed by atoms with Crippen molar-refractivity contribution >= 4 is 17.3 Å². The van der Waals surface area contributed by atoms with E-state index < -0.39 is 0 Å². The molecule has 0 radical (unpaired) electrons. The Labute approximate surface area is 162 Å². The number of anilines is 2. The number of hydrogen-bond donors (Lipinski definition) is 1. The van der Waals surface area contributed by atoms with E-state index in [1.807, 2.05) is 12.1 Å². The van der Waals surface area contributed by atoms with Gasteiger partial charge < -0.3 is 10.2 Å². The third-order valence-corrected chi connectivity index (χ3v) is 5.85. The minimum Gasteiger partial charge on any atom is -0.369 e. The highest BCUT2D eigenvalue weighted by molar-refractivity contribution is 5.92. The van der Waals surface area contributed by atoms with Crippen LogP contribution in [0.5, 0.6) is 0 Å². The van der Waals surface area contributed by atoms with Gasteiger partial charge in [0.1, 0.15) is 0 Å². The highest BCUT2D eigenvalue weighted by Gasteiger charge is 2.22. The first-order valence-corrected chi connectivity index (χ1v) is 10.2. The van der Waals surface area contributed by atoms with Gasteiger partial charge in [-0.15, -0.1) is 0 Å². The first-order chi connectivity index (χ1) is 13.3. The van der Waals surface area contributed by atoms with E-state index in [1.165, 1.54) is 24.1 Å². The van der Waals surface area contributed by atoms with Crippen molar-refractivity contribution in [3.8, 4) is 0 Å². The first-order valence-electron chi connectivity index (χ1n) is 10.2. The molecule has 0 spiro atoms. The van der Waals surface area contributed by atoms with Gasteiger partial charge in [0, 0.05) is 50.0 Å². The van der Waals surface area contributed by atoms with Crippen LogP contribution in [0.3, 0.4) is 0 Å². The van der Waals surface area contributed by atoms with Crippen molar-refractivity contribution in [3.63, 3.8) is 0 Å². The Balaban J connectivity index is 1.27. The van der Waals surface area contributed by atoms with Gasteiger partial charge in [-0.05, 0) is 42.7 Å². The number of benzene rings is 2. The molecule has 1 saturated heterocycles. The summed E-state index contributed by atoms with van der Waals surface area (Å²) < 4.78 is 0. The Bertz CT molecular complexity index is 730. The van der Waals surface area contributed by atoms with Crippen LogP contribution in [-0.2, 0) is 11.3 Å². The summed E-state index contributed by atoms with van der Waals surface area (Å²) in [6.07, 6.45) is 4.45. The van der Waals surface area contributed by atoms with E-state index in [2.05, 4.69) is 57.6 Å². The maximum absolute atomic E-state index is 12.3. The molecule has 1 saturated carbocycles. The third kappa shape index (κ3) is 4.69. The van der Waals surface area contributed by atoms with E-state index >= 15 is 0 Å². The predicted octanol–water partition coefficient (Wildman–Crippen LogP) is 4.14. The van der Waals surface area contributed by atoms with Gasteiger partial charge in [-0.1, -0.05) is 43.2 Å². The fourth-order valence-electron chi connectivity index (χ4n) is 4.19. The number of amides is 1. The summed E-state index contributed by atoms with van der Waals surface area (Å²) in [6, 6.07) is 19.0. The number of carbonyl (C=O) groups is 1. The standard InChI is InChI=1S/C23H29N3O/c27-23(20-8-4-5-9-20)24-21-10-12-22(13-11-21)26-16-14-25(15-17-26)18-19-6-2-1-3-7-19/h1-3,6-7,10-13,20H,4-5,8-9,14-18H2,(H,24,27). The van der Waals surface area contributed by atoms with Gasteiger partial charge in [0.15, 0.2) is 0 Å². The number of carbonyl (C=O) groups excluding carboxylic acids is 1. The summed E-state index contributed by atoms with van der Waals surface area (Å²) in [4.78, 5) is 17.2. The van der Waals surface area contributed by atoms with Gasteiger partial charge in [0.2, 0.25) is 5.91 Å². The van der Waals surface area contributed by atoms with E-state index in [1.54, 1.807) is 0 Å². The second-order valence-corrected chi connectivity index (χ2v) is 7.77. The van der Waals surface area contributed by atoms with Crippen molar-refractivity contribution in [2.75, 3.05) is 36.4 Å². The second-order valence-electron chi connectivity index (χ2n) is 7.77. The van der Waals surface area contributed by atoms with Crippen LogP contribution in [0.2, 0.25) is 0 Å². The maximum atomic E-state index is 12.3. The Morgan fingerprint density at radius 2 is 1.56 bits per heavy atom. The highest BCUT2D eigenvalue weighted by Crippen LogP contribution is 2.26. The molecule has 27 heavy (non-hydrogen) atoms. The minimum absolute atomic E-state index is 0.190. The molecule has 142 valence electrons. The van der Waals surface area contributed by atoms with Gasteiger partial charge in [0.25, 0.3) is 0 Å². The Hall–Kier alpha value is -2.33. The van der Waals surface area contributed by atoms with E-state index in [0.29, 0.717) is 0 Å². The first kappa shape index (κ1) is 18.1. The van der Waals surface area contributed by atoms with Crippen molar-refractivity contribution in [1.29, 1.82) is 0 Å². The van der Waals surface area contributed by atoms with E-state index in [0.717, 1.165) is 51.3 Å². The van der Waals surface area contributed by atoms with E-state index in [9.17, 15) is 4.79 Å². The lowest BCUT2D eigenvalue weighted by atomic mass is 10.1. The largest absolute Gasteiger partial charge is 0.369 e. The quantitative estimate of drug-likeness (QED) is 0.867. The average Bonchev–Trinajstić information content (AvgIpc) is 3.25. The molecule has 4 heteroatoms. The lowest BCUT2D eigenvalue weighted by Gasteiger charge is -2.36. The van der Waals surface area contributed by atoms with Gasteiger partial charge in [-0.3, -0.25) is 9.69 Å². The number of nitrogens with zero attached hydrogens (tertiary/aromatic N) is 2. The van der Waals surface area contributed by atoms with Crippen molar-refractivity contribution in [2.45, 2.75) is 32.2 Å². The zero-order chi connectivity index (χ0) is 18.5. The number of nitrogens with one attached hydrogen (secondary N) is 1. The Morgan fingerprint density at radius 1 is 0.889 bits per heavy atom. The van der Waals surface area contributed by atoms with Crippen LogP contribution in [0.25, 0.3) is 0 Å². The molecule has 0 aromatic heterocycles. The zero-order valence-electron chi connectivity index (χ0n) is 15.9. The lowest BCUT2D eigenvalue weighted by molar-refractivity contribution is -0.119. The van der Waals surface area contributed by atoms with Crippen LogP contribution in [-0.4, -0.2) is 37.0 Å². The van der Waals surface area contributed by atoms with Crippen LogP contribution in [0, 0.1) is 5.92 Å². The molecule has 1 heterocycles. The SMILES string of the molecule is O=C(Nc1ccc(N2CCN(Cc3ccccc3)CC2)cc1)C1CCCC1. The van der Waals surface area contributed by atoms with Gasteiger partial charge in [-0.25, -0.2) is 0 Å². The molecule has 0 atom stereocenters. The fourth-order valence-corrected chi connectivity index (χ4v) is 4.19. The van der Waals surface area contributed by atoms with Crippen molar-refractivity contribution < 1.29 is 4.79 Å². The summed E-state index contributed by atoms with van der Waals surface area (Å²) in [6.45, 7) is 5.27. The van der Waals surface area contributed by atoms with E-state index in [-0.39, 0.29) is 11.8 Å². The molecule has 0 bridgehead atoms. The van der Waals surface area contributed by atoms with E-state index in [4.69, 9.17) is 0 Å². The molecule has 4 nitrogen and oxygen atoms in total. The van der Waals surface area contributed by atoms with Crippen molar-refractivity contribution in [1.82, 2.24) is 4.90 Å². The molecule has 1 aliphatic heterocycles. The summed E-state index contributed by atoms with van der Waals surface area (Å²) in [5.41, 5.74) is 3.54. The molecule has 0 unspecified atom stereocenters. The molecule has 1 aliphatic carbocycles. The molecule has 2 fully saturated rings. The molecule has 1 N–H and O–H groups in total. The Kier molecular flexibility index (Phi) is 5.73. The normalized spacial score (nSPS) is 18.6. The molecule has 2 aliphatic rings. The Morgan fingerprint density at radius 3 is 2.22 bits per heavy atom. The van der Waals surface area contributed by atoms with Crippen LogP contribution < -0.4 is 10.2 Å². The fraction of sp³-hybridized carbons (Fsp3) is 0.435. The molecule has 1 amide bonds. The van der Waals surface area contributed by atoms with Crippen LogP contribution >= 0.6 is 0 Å². The molecular formula is C23H29N3O. The molecule has 2 aromatic carbocycles. The summed E-state index contributed by atoms with van der Waals surface area (Å²) in [5, 5.41) is 3.08. The minimum atomic E-state index is 0.190. The van der Waals surface area contributed by atoms with Gasteiger partial charge in [0.05, 0.1) is 0 Å².